The van der Waals surface area contributed by atoms with Crippen molar-refractivity contribution in [2.24, 2.45) is 0 Å². The molecule has 0 bridgehead atoms. The van der Waals surface area contributed by atoms with E-state index in [1.807, 2.05) is 30.3 Å². The molecule has 0 radical (unpaired) electrons. The molecule has 1 spiro atoms. The Balaban J connectivity index is 1.50. The molecule has 0 aromatic heterocycles. The van der Waals surface area contributed by atoms with E-state index in [2.05, 4.69) is 10.7 Å². The molecule has 8 heteroatoms. The quantitative estimate of drug-likeness (QED) is 0.766. The van der Waals surface area contributed by atoms with Crippen LogP contribution in [0.1, 0.15) is 62.6 Å². The number of fused-ring (bicyclic) bond motifs is 1. The van der Waals surface area contributed by atoms with E-state index in [1.54, 1.807) is 6.20 Å². The van der Waals surface area contributed by atoms with Crippen LogP contribution in [0.5, 0.6) is 0 Å². The van der Waals surface area contributed by atoms with E-state index in [4.69, 9.17) is 0 Å². The van der Waals surface area contributed by atoms with Crippen molar-refractivity contribution >= 4 is 29.8 Å². The lowest BCUT2D eigenvalue weighted by atomic mass is 9.82. The molecule has 1 saturated carbocycles. The summed E-state index contributed by atoms with van der Waals surface area (Å²) in [6, 6.07) is 6.43. The van der Waals surface area contributed by atoms with Gasteiger partial charge in [-0.1, -0.05) is 43.5 Å². The lowest BCUT2D eigenvalue weighted by molar-refractivity contribution is -0.140. The summed E-state index contributed by atoms with van der Waals surface area (Å²) < 4.78 is 0. The fraction of sp³-hybridized carbons (Fsp3) is 0.429. The summed E-state index contributed by atoms with van der Waals surface area (Å²) in [5.74, 6) is -1.09. The molecule has 3 aliphatic rings. The SMILES string of the molecule is CC(=O)N1C=Cc2ccccc2[C@H]1CC(=O)NN1C(=O)NC2(CCCCC2)C1=O. The molecule has 29 heavy (non-hydrogen) atoms. The zero-order valence-corrected chi connectivity index (χ0v) is 16.3. The highest BCUT2D eigenvalue weighted by molar-refractivity contribution is 6.08. The second-order valence-corrected chi connectivity index (χ2v) is 7.84. The summed E-state index contributed by atoms with van der Waals surface area (Å²) in [7, 11) is 0. The molecule has 1 aromatic rings. The third kappa shape index (κ3) is 3.39. The molecule has 0 unspecified atom stereocenters. The molecule has 2 fully saturated rings. The Labute approximate surface area is 168 Å². The number of benzene rings is 1. The molecule has 1 aromatic carbocycles. The van der Waals surface area contributed by atoms with Crippen LogP contribution in [0.2, 0.25) is 0 Å². The number of carbonyl (C=O) groups excluding carboxylic acids is 4. The molecule has 2 N–H and O–H groups in total. The van der Waals surface area contributed by atoms with Gasteiger partial charge in [0.25, 0.3) is 5.91 Å². The Morgan fingerprint density at radius 2 is 1.90 bits per heavy atom. The maximum Gasteiger partial charge on any atom is 0.344 e. The predicted molar refractivity (Wildman–Crippen MR) is 105 cm³/mol. The van der Waals surface area contributed by atoms with Gasteiger partial charge in [0.1, 0.15) is 5.54 Å². The molecule has 1 atom stereocenters. The predicted octanol–water partition coefficient (Wildman–Crippen LogP) is 2.24. The van der Waals surface area contributed by atoms with Gasteiger partial charge in [-0.2, -0.15) is 5.01 Å². The van der Waals surface area contributed by atoms with Gasteiger partial charge in [-0.3, -0.25) is 19.8 Å². The third-order valence-electron chi connectivity index (χ3n) is 5.95. The highest BCUT2D eigenvalue weighted by atomic mass is 16.2. The molecular formula is C21H24N4O4. The molecule has 4 rings (SSSR count). The summed E-state index contributed by atoms with van der Waals surface area (Å²) in [6.45, 7) is 1.44. The van der Waals surface area contributed by atoms with Crippen molar-refractivity contribution in [3.63, 3.8) is 0 Å². The largest absolute Gasteiger partial charge is 0.344 e. The van der Waals surface area contributed by atoms with E-state index >= 15 is 0 Å². The highest BCUT2D eigenvalue weighted by Gasteiger charge is 2.52. The van der Waals surface area contributed by atoms with E-state index in [9.17, 15) is 19.2 Å². The number of nitrogens with one attached hydrogen (secondary N) is 2. The number of imide groups is 1. The summed E-state index contributed by atoms with van der Waals surface area (Å²) in [5.41, 5.74) is 3.34. The van der Waals surface area contributed by atoms with Crippen molar-refractivity contribution in [2.45, 2.75) is 57.0 Å². The van der Waals surface area contributed by atoms with Gasteiger partial charge in [-0.25, -0.2) is 4.79 Å². The average molecular weight is 396 g/mol. The van der Waals surface area contributed by atoms with Crippen molar-refractivity contribution in [1.82, 2.24) is 20.7 Å². The van der Waals surface area contributed by atoms with E-state index in [-0.39, 0.29) is 12.3 Å². The molecule has 1 aliphatic carbocycles. The maximum atomic E-state index is 12.8. The van der Waals surface area contributed by atoms with E-state index in [0.717, 1.165) is 35.4 Å². The minimum atomic E-state index is -0.895. The Morgan fingerprint density at radius 1 is 1.17 bits per heavy atom. The monoisotopic (exact) mass is 396 g/mol. The highest BCUT2D eigenvalue weighted by Crippen LogP contribution is 2.34. The Bertz CT molecular complexity index is 904. The smallest absolute Gasteiger partial charge is 0.322 e. The summed E-state index contributed by atoms with van der Waals surface area (Å²) in [5, 5.41) is 3.57. The first kappa shape index (κ1) is 19.2. The van der Waals surface area contributed by atoms with Crippen LogP contribution in [0.25, 0.3) is 6.08 Å². The second kappa shape index (κ2) is 7.35. The Kier molecular flexibility index (Phi) is 4.86. The third-order valence-corrected chi connectivity index (χ3v) is 5.95. The number of hydrazine groups is 1. The first-order valence-corrected chi connectivity index (χ1v) is 9.93. The van der Waals surface area contributed by atoms with Crippen LogP contribution in [0.15, 0.2) is 30.5 Å². The molecule has 152 valence electrons. The van der Waals surface area contributed by atoms with Crippen LogP contribution >= 0.6 is 0 Å². The molecular weight excluding hydrogens is 372 g/mol. The summed E-state index contributed by atoms with van der Waals surface area (Å²) >= 11 is 0. The van der Waals surface area contributed by atoms with E-state index in [1.165, 1.54) is 11.8 Å². The number of amides is 5. The fourth-order valence-corrected chi connectivity index (χ4v) is 4.48. The van der Waals surface area contributed by atoms with Gasteiger partial charge in [0, 0.05) is 13.1 Å². The summed E-state index contributed by atoms with van der Waals surface area (Å²) in [6.07, 6.45) is 7.37. The van der Waals surface area contributed by atoms with Gasteiger partial charge < -0.3 is 10.2 Å². The number of hydrogen-bond acceptors (Lipinski definition) is 4. The average Bonchev–Trinajstić information content (AvgIpc) is 2.92. The van der Waals surface area contributed by atoms with Crippen molar-refractivity contribution in [1.29, 1.82) is 0 Å². The first-order chi connectivity index (χ1) is 13.9. The summed E-state index contributed by atoms with van der Waals surface area (Å²) in [4.78, 5) is 51.5. The van der Waals surface area contributed by atoms with Crippen LogP contribution in [0, 0.1) is 0 Å². The number of nitrogens with zero attached hydrogens (tertiary/aromatic N) is 2. The lowest BCUT2D eigenvalue weighted by Crippen LogP contribution is -2.51. The lowest BCUT2D eigenvalue weighted by Gasteiger charge is -2.32. The standard InChI is InChI=1S/C21H24N4O4/c1-14(26)24-12-9-15-7-3-4-8-16(15)17(24)13-18(27)23-25-19(28)21(22-20(25)29)10-5-2-6-11-21/h3-4,7-9,12,17H,2,5-6,10-11,13H2,1H3,(H,22,29)(H,23,27)/t17-/m1/s1. The van der Waals surface area contributed by atoms with Gasteiger partial charge in [-0.15, -0.1) is 0 Å². The van der Waals surface area contributed by atoms with Crippen LogP contribution in [-0.2, 0) is 14.4 Å². The normalized spacial score (nSPS) is 22.4. The van der Waals surface area contributed by atoms with Gasteiger partial charge >= 0.3 is 6.03 Å². The number of urea groups is 1. The number of rotatable bonds is 3. The molecule has 1 saturated heterocycles. The van der Waals surface area contributed by atoms with Crippen LogP contribution in [0.3, 0.4) is 0 Å². The Morgan fingerprint density at radius 3 is 2.62 bits per heavy atom. The first-order valence-electron chi connectivity index (χ1n) is 9.93. The number of carbonyl (C=O) groups is 4. The van der Waals surface area contributed by atoms with Gasteiger partial charge in [0.05, 0.1) is 12.5 Å². The molecule has 2 heterocycles. The molecule has 2 aliphatic heterocycles. The topological polar surface area (TPSA) is 98.8 Å². The minimum absolute atomic E-state index is 0.0645. The fourth-order valence-electron chi connectivity index (χ4n) is 4.48. The van der Waals surface area contributed by atoms with Crippen molar-refractivity contribution in [2.75, 3.05) is 0 Å². The van der Waals surface area contributed by atoms with Gasteiger partial charge in [0.15, 0.2) is 0 Å². The van der Waals surface area contributed by atoms with E-state index in [0.29, 0.717) is 12.8 Å². The van der Waals surface area contributed by atoms with E-state index < -0.39 is 29.4 Å². The Hall–Kier alpha value is -3.16. The van der Waals surface area contributed by atoms with Crippen molar-refractivity contribution in [3.05, 3.63) is 41.6 Å². The van der Waals surface area contributed by atoms with Crippen molar-refractivity contribution < 1.29 is 19.2 Å². The molecule has 5 amide bonds. The maximum absolute atomic E-state index is 12.8. The van der Waals surface area contributed by atoms with Crippen LogP contribution in [-0.4, -0.2) is 39.2 Å². The van der Waals surface area contributed by atoms with Crippen molar-refractivity contribution in [3.8, 4) is 0 Å². The van der Waals surface area contributed by atoms with Gasteiger partial charge in [0.2, 0.25) is 11.8 Å². The number of hydrogen-bond donors (Lipinski definition) is 2. The zero-order chi connectivity index (χ0) is 20.6. The second-order valence-electron chi connectivity index (χ2n) is 7.84. The molecule has 8 nitrogen and oxygen atoms in total. The minimum Gasteiger partial charge on any atom is -0.322 e. The van der Waals surface area contributed by atoms with Crippen LogP contribution in [0.4, 0.5) is 4.79 Å². The zero-order valence-electron chi connectivity index (χ0n) is 16.3. The van der Waals surface area contributed by atoms with Gasteiger partial charge in [-0.05, 0) is 30.0 Å². The van der Waals surface area contributed by atoms with Crippen LogP contribution < -0.4 is 10.7 Å².